The van der Waals surface area contributed by atoms with Crippen molar-refractivity contribution in [3.63, 3.8) is 0 Å². The van der Waals surface area contributed by atoms with Gasteiger partial charge in [0.1, 0.15) is 6.10 Å². The predicted molar refractivity (Wildman–Crippen MR) is 81.1 cm³/mol. The van der Waals surface area contributed by atoms with E-state index in [9.17, 15) is 4.79 Å². The van der Waals surface area contributed by atoms with Crippen LogP contribution in [0.5, 0.6) is 0 Å². The zero-order chi connectivity index (χ0) is 14.2. The molecule has 20 heavy (non-hydrogen) atoms. The van der Waals surface area contributed by atoms with E-state index in [4.69, 9.17) is 14.2 Å². The van der Waals surface area contributed by atoms with Crippen molar-refractivity contribution in [3.05, 3.63) is 33.4 Å². The Labute approximate surface area is 131 Å². The first-order valence-corrected chi connectivity index (χ1v) is 7.91. The molecule has 1 spiro atoms. The molecule has 0 bridgehead atoms. The lowest BCUT2D eigenvalue weighted by Gasteiger charge is -2.21. The largest absolute Gasteiger partial charge is 0.467 e. The fraction of sp³-hybridized carbons (Fsp3) is 0.533. The summed E-state index contributed by atoms with van der Waals surface area (Å²) in [4.78, 5) is 12.0. The maximum atomic E-state index is 12.0. The molecule has 2 atom stereocenters. The molecule has 1 saturated heterocycles. The van der Waals surface area contributed by atoms with Crippen molar-refractivity contribution < 1.29 is 19.0 Å². The molecule has 3 rings (SSSR count). The number of benzene rings is 1. The maximum Gasteiger partial charge on any atom is 0.338 e. The third-order valence-corrected chi connectivity index (χ3v) is 4.95. The first-order chi connectivity index (χ1) is 9.65. The Kier molecular flexibility index (Phi) is 4.01. The lowest BCUT2D eigenvalue weighted by Crippen LogP contribution is -2.30. The zero-order valence-corrected chi connectivity index (χ0v) is 13.5. The highest BCUT2D eigenvalue weighted by molar-refractivity contribution is 14.1. The number of ether oxygens (including phenoxy) is 3. The Morgan fingerprint density at radius 3 is 2.65 bits per heavy atom. The first-order valence-electron chi connectivity index (χ1n) is 6.83. The van der Waals surface area contributed by atoms with Gasteiger partial charge in [0.25, 0.3) is 0 Å². The van der Waals surface area contributed by atoms with Gasteiger partial charge in [-0.3, -0.25) is 0 Å². The van der Waals surface area contributed by atoms with Crippen molar-refractivity contribution in [1.82, 2.24) is 0 Å². The fourth-order valence-electron chi connectivity index (χ4n) is 2.98. The van der Waals surface area contributed by atoms with Gasteiger partial charge in [0, 0.05) is 16.4 Å². The Morgan fingerprint density at radius 2 is 2.00 bits per heavy atom. The fourth-order valence-corrected chi connectivity index (χ4v) is 3.68. The van der Waals surface area contributed by atoms with Crippen LogP contribution in [0.2, 0.25) is 0 Å². The van der Waals surface area contributed by atoms with E-state index in [2.05, 4.69) is 22.6 Å². The number of esters is 1. The van der Waals surface area contributed by atoms with E-state index < -0.39 is 11.9 Å². The van der Waals surface area contributed by atoms with Crippen molar-refractivity contribution in [2.45, 2.75) is 43.7 Å². The van der Waals surface area contributed by atoms with Gasteiger partial charge >= 0.3 is 5.97 Å². The van der Waals surface area contributed by atoms with Crippen LogP contribution in [0, 0.1) is 3.57 Å². The van der Waals surface area contributed by atoms with Crippen LogP contribution < -0.4 is 0 Å². The molecule has 1 heterocycles. The third kappa shape index (κ3) is 2.46. The second-order valence-corrected chi connectivity index (χ2v) is 6.40. The molecular weight excluding hydrogens is 371 g/mol. The van der Waals surface area contributed by atoms with Crippen molar-refractivity contribution in [2.24, 2.45) is 0 Å². The van der Waals surface area contributed by atoms with Crippen molar-refractivity contribution >= 4 is 28.6 Å². The van der Waals surface area contributed by atoms with E-state index in [-0.39, 0.29) is 12.1 Å². The number of hydrogen-bond donors (Lipinski definition) is 0. The number of rotatable bonds is 2. The third-order valence-electron chi connectivity index (χ3n) is 3.97. The summed E-state index contributed by atoms with van der Waals surface area (Å²) in [5, 5.41) is 0. The highest BCUT2D eigenvalue weighted by Crippen LogP contribution is 2.47. The van der Waals surface area contributed by atoms with Crippen LogP contribution in [0.4, 0.5) is 0 Å². The lowest BCUT2D eigenvalue weighted by atomic mass is 10.0. The Hall–Kier alpha value is -0.660. The van der Waals surface area contributed by atoms with E-state index in [0.717, 1.165) is 34.8 Å². The molecule has 108 valence electrons. The minimum atomic E-state index is -0.672. The van der Waals surface area contributed by atoms with Gasteiger partial charge in [-0.1, -0.05) is 18.2 Å². The smallest absolute Gasteiger partial charge is 0.338 e. The van der Waals surface area contributed by atoms with Crippen LogP contribution in [0.25, 0.3) is 0 Å². The topological polar surface area (TPSA) is 44.8 Å². The lowest BCUT2D eigenvalue weighted by molar-refractivity contribution is -0.180. The normalized spacial score (nSPS) is 27.9. The molecule has 0 amide bonds. The van der Waals surface area contributed by atoms with E-state index in [0.29, 0.717) is 0 Å². The van der Waals surface area contributed by atoms with Gasteiger partial charge in [0.15, 0.2) is 11.9 Å². The Morgan fingerprint density at radius 1 is 1.30 bits per heavy atom. The molecule has 5 heteroatoms. The summed E-state index contributed by atoms with van der Waals surface area (Å²) < 4.78 is 18.1. The molecule has 0 radical (unpaired) electrons. The van der Waals surface area contributed by atoms with Crippen molar-refractivity contribution in [2.75, 3.05) is 7.11 Å². The van der Waals surface area contributed by atoms with Gasteiger partial charge in [-0.05, 0) is 47.1 Å². The molecule has 0 unspecified atom stereocenters. The molecule has 1 aliphatic carbocycles. The predicted octanol–water partition coefficient (Wildman–Crippen LogP) is 3.19. The quantitative estimate of drug-likeness (QED) is 0.577. The molecule has 2 aliphatic rings. The maximum absolute atomic E-state index is 12.0. The van der Waals surface area contributed by atoms with Gasteiger partial charge in [0.2, 0.25) is 0 Å². The number of carbonyl (C=O) groups is 1. The average Bonchev–Trinajstić information content (AvgIpc) is 3.07. The molecule has 1 saturated carbocycles. The summed E-state index contributed by atoms with van der Waals surface area (Å²) in [6, 6.07) is 7.92. The standard InChI is InChI=1S/C15H17IO4/c1-18-14(17)13-12(10-6-2-3-7-11(10)16)19-15(20-13)8-4-5-9-15/h2-3,6-7,12-13H,4-5,8-9H2,1H3/t12-,13-/m1/s1. The van der Waals surface area contributed by atoms with E-state index in [1.807, 2.05) is 24.3 Å². The van der Waals surface area contributed by atoms with Crippen LogP contribution in [0.1, 0.15) is 37.4 Å². The minimum Gasteiger partial charge on any atom is -0.467 e. The summed E-state index contributed by atoms with van der Waals surface area (Å²) in [6.07, 6.45) is 2.79. The summed E-state index contributed by atoms with van der Waals surface area (Å²) in [5.74, 6) is -0.957. The average molecular weight is 388 g/mol. The second-order valence-electron chi connectivity index (χ2n) is 5.24. The van der Waals surface area contributed by atoms with Crippen LogP contribution in [-0.4, -0.2) is 25.0 Å². The van der Waals surface area contributed by atoms with E-state index in [1.165, 1.54) is 7.11 Å². The molecule has 1 aromatic carbocycles. The highest BCUT2D eigenvalue weighted by atomic mass is 127. The van der Waals surface area contributed by atoms with Gasteiger partial charge in [-0.25, -0.2) is 4.79 Å². The molecule has 1 aliphatic heterocycles. The summed E-state index contributed by atoms with van der Waals surface area (Å²) >= 11 is 2.26. The van der Waals surface area contributed by atoms with Crippen LogP contribution >= 0.6 is 22.6 Å². The molecule has 0 aromatic heterocycles. The molecule has 1 aromatic rings. The zero-order valence-electron chi connectivity index (χ0n) is 11.3. The van der Waals surface area contributed by atoms with E-state index in [1.54, 1.807) is 0 Å². The Bertz CT molecular complexity index is 510. The van der Waals surface area contributed by atoms with Crippen molar-refractivity contribution in [1.29, 1.82) is 0 Å². The van der Waals surface area contributed by atoms with Crippen LogP contribution in [0.3, 0.4) is 0 Å². The Balaban J connectivity index is 1.94. The number of methoxy groups -OCH3 is 1. The van der Waals surface area contributed by atoms with Gasteiger partial charge in [-0.2, -0.15) is 0 Å². The van der Waals surface area contributed by atoms with Gasteiger partial charge in [0.05, 0.1) is 7.11 Å². The van der Waals surface area contributed by atoms with Gasteiger partial charge in [-0.15, -0.1) is 0 Å². The van der Waals surface area contributed by atoms with Crippen molar-refractivity contribution in [3.8, 4) is 0 Å². The molecular formula is C15H17IO4. The SMILES string of the molecule is COC(=O)[C@@H]1OC2(CCCC2)O[C@@H]1c1ccccc1I. The van der Waals surface area contributed by atoms with E-state index >= 15 is 0 Å². The monoisotopic (exact) mass is 388 g/mol. The molecule has 4 nitrogen and oxygen atoms in total. The second kappa shape index (κ2) is 5.61. The molecule has 2 fully saturated rings. The summed E-state index contributed by atoms with van der Waals surface area (Å²) in [5.41, 5.74) is 0.993. The highest BCUT2D eigenvalue weighted by Gasteiger charge is 2.53. The number of carbonyl (C=O) groups excluding carboxylic acids is 1. The minimum absolute atomic E-state index is 0.363. The summed E-state index contributed by atoms with van der Waals surface area (Å²) in [6.45, 7) is 0. The number of hydrogen-bond acceptors (Lipinski definition) is 4. The summed E-state index contributed by atoms with van der Waals surface area (Å²) in [7, 11) is 1.39. The first kappa shape index (κ1) is 14.3. The van der Waals surface area contributed by atoms with Crippen LogP contribution in [-0.2, 0) is 19.0 Å². The van der Waals surface area contributed by atoms with Crippen LogP contribution in [0.15, 0.2) is 24.3 Å². The number of halogens is 1. The van der Waals surface area contributed by atoms with Gasteiger partial charge < -0.3 is 14.2 Å². The molecule has 0 N–H and O–H groups in total.